The summed E-state index contributed by atoms with van der Waals surface area (Å²) in [5.41, 5.74) is 3.10. The van der Waals surface area contributed by atoms with Gasteiger partial charge in [-0.05, 0) is 30.0 Å². The summed E-state index contributed by atoms with van der Waals surface area (Å²) in [7, 11) is 0. The Balaban J connectivity index is 1.75. The molecule has 21 heavy (non-hydrogen) atoms. The van der Waals surface area contributed by atoms with Gasteiger partial charge in [-0.2, -0.15) is 0 Å². The number of rotatable bonds is 4. The first-order valence-corrected chi connectivity index (χ1v) is 7.62. The van der Waals surface area contributed by atoms with Gasteiger partial charge in [-0.1, -0.05) is 48.5 Å². The maximum Gasteiger partial charge on any atom is 0.230 e. The summed E-state index contributed by atoms with van der Waals surface area (Å²) in [6, 6.07) is 18.0. The molecule has 0 saturated heterocycles. The van der Waals surface area contributed by atoms with E-state index in [9.17, 15) is 4.79 Å². The number of amides is 1. The topological polar surface area (TPSA) is 29.1 Å². The molecule has 2 aromatic carbocycles. The summed E-state index contributed by atoms with van der Waals surface area (Å²) in [4.78, 5) is 12.1. The molecule has 1 aliphatic carbocycles. The Bertz CT molecular complexity index is 655. The third-order valence-electron chi connectivity index (χ3n) is 3.66. The number of para-hydroxylation sites is 1. The molecule has 2 nitrogen and oxygen atoms in total. The van der Waals surface area contributed by atoms with Crippen molar-refractivity contribution in [1.29, 1.82) is 0 Å². The maximum absolute atomic E-state index is 12.1. The standard InChI is InChI=1S/C17H15Cl2NO/c18-17(19)11-14(17)16(21)20-15-9-5-4-8-13(15)10-12-6-2-1-3-7-12/h1-9,14H,10-11H2,(H,20,21)/t14-/m0/s1. The molecular formula is C17H15Cl2NO. The van der Waals surface area contributed by atoms with Crippen molar-refractivity contribution in [2.24, 2.45) is 5.92 Å². The van der Waals surface area contributed by atoms with E-state index in [0.717, 1.165) is 17.7 Å². The van der Waals surface area contributed by atoms with E-state index in [1.54, 1.807) is 0 Å². The lowest BCUT2D eigenvalue weighted by atomic mass is 10.0. The molecule has 0 heterocycles. The lowest BCUT2D eigenvalue weighted by molar-refractivity contribution is -0.117. The Labute approximate surface area is 134 Å². The lowest BCUT2D eigenvalue weighted by Crippen LogP contribution is -2.17. The highest BCUT2D eigenvalue weighted by Gasteiger charge is 2.56. The molecular weight excluding hydrogens is 305 g/mol. The Hall–Kier alpha value is -1.51. The molecule has 1 atom stereocenters. The first-order valence-electron chi connectivity index (χ1n) is 6.87. The van der Waals surface area contributed by atoms with Crippen LogP contribution in [-0.2, 0) is 11.2 Å². The Morgan fingerprint density at radius 1 is 1.10 bits per heavy atom. The third-order valence-corrected chi connectivity index (χ3v) is 4.49. The molecule has 0 spiro atoms. The summed E-state index contributed by atoms with van der Waals surface area (Å²) in [5, 5.41) is 2.94. The van der Waals surface area contributed by atoms with Crippen LogP contribution in [0.5, 0.6) is 0 Å². The summed E-state index contributed by atoms with van der Waals surface area (Å²) in [5.74, 6) is -0.425. The first-order chi connectivity index (χ1) is 10.1. The molecule has 3 rings (SSSR count). The number of alkyl halides is 2. The second kappa shape index (κ2) is 5.70. The lowest BCUT2D eigenvalue weighted by Gasteiger charge is -2.11. The minimum absolute atomic E-state index is 0.111. The fraction of sp³-hybridized carbons (Fsp3) is 0.235. The van der Waals surface area contributed by atoms with E-state index in [1.807, 2.05) is 42.5 Å². The van der Waals surface area contributed by atoms with Crippen LogP contribution in [0.25, 0.3) is 0 Å². The van der Waals surface area contributed by atoms with Crippen molar-refractivity contribution in [3.8, 4) is 0 Å². The third kappa shape index (κ3) is 3.39. The van der Waals surface area contributed by atoms with Crippen LogP contribution in [0.4, 0.5) is 5.69 Å². The van der Waals surface area contributed by atoms with E-state index in [-0.39, 0.29) is 11.8 Å². The van der Waals surface area contributed by atoms with Gasteiger partial charge in [0.15, 0.2) is 0 Å². The molecule has 0 unspecified atom stereocenters. The molecule has 1 N–H and O–H groups in total. The summed E-state index contributed by atoms with van der Waals surface area (Å²) in [6.45, 7) is 0. The number of hydrogen-bond donors (Lipinski definition) is 1. The second-order valence-electron chi connectivity index (χ2n) is 5.33. The van der Waals surface area contributed by atoms with Crippen LogP contribution in [0.1, 0.15) is 17.5 Å². The highest BCUT2D eigenvalue weighted by Crippen LogP contribution is 2.53. The van der Waals surface area contributed by atoms with Crippen LogP contribution < -0.4 is 5.32 Å². The Morgan fingerprint density at radius 2 is 1.71 bits per heavy atom. The number of carbonyl (C=O) groups is 1. The van der Waals surface area contributed by atoms with Gasteiger partial charge in [0.05, 0.1) is 5.92 Å². The predicted molar refractivity (Wildman–Crippen MR) is 86.9 cm³/mol. The molecule has 1 aliphatic rings. The minimum Gasteiger partial charge on any atom is -0.325 e. The second-order valence-corrected chi connectivity index (χ2v) is 6.87. The number of nitrogens with one attached hydrogen (secondary N) is 1. The molecule has 2 aromatic rings. The predicted octanol–water partition coefficient (Wildman–Crippen LogP) is 4.41. The van der Waals surface area contributed by atoms with Gasteiger partial charge in [0.2, 0.25) is 5.91 Å². The zero-order valence-corrected chi connectivity index (χ0v) is 12.9. The van der Waals surface area contributed by atoms with Crippen LogP contribution in [0, 0.1) is 5.92 Å². The largest absolute Gasteiger partial charge is 0.325 e. The summed E-state index contributed by atoms with van der Waals surface area (Å²) in [6.07, 6.45) is 1.29. The zero-order valence-electron chi connectivity index (χ0n) is 11.4. The van der Waals surface area contributed by atoms with E-state index in [1.165, 1.54) is 5.56 Å². The number of halogens is 2. The van der Waals surface area contributed by atoms with Crippen molar-refractivity contribution in [2.75, 3.05) is 5.32 Å². The van der Waals surface area contributed by atoms with E-state index < -0.39 is 4.33 Å². The van der Waals surface area contributed by atoms with Crippen LogP contribution >= 0.6 is 23.2 Å². The molecule has 108 valence electrons. The molecule has 1 fully saturated rings. The van der Waals surface area contributed by atoms with Gasteiger partial charge in [-0.25, -0.2) is 0 Å². The smallest absolute Gasteiger partial charge is 0.230 e. The molecule has 0 bridgehead atoms. The van der Waals surface area contributed by atoms with Gasteiger partial charge in [0.25, 0.3) is 0 Å². The molecule has 0 aliphatic heterocycles. The van der Waals surface area contributed by atoms with Gasteiger partial charge in [-0.15, -0.1) is 23.2 Å². The summed E-state index contributed by atoms with van der Waals surface area (Å²) < 4.78 is -0.890. The van der Waals surface area contributed by atoms with Crippen molar-refractivity contribution < 1.29 is 4.79 Å². The van der Waals surface area contributed by atoms with Crippen molar-refractivity contribution in [3.05, 3.63) is 65.7 Å². The van der Waals surface area contributed by atoms with Crippen molar-refractivity contribution in [3.63, 3.8) is 0 Å². The van der Waals surface area contributed by atoms with Crippen molar-refractivity contribution in [1.82, 2.24) is 0 Å². The van der Waals surface area contributed by atoms with Crippen LogP contribution in [0.15, 0.2) is 54.6 Å². The van der Waals surface area contributed by atoms with Crippen molar-refractivity contribution >= 4 is 34.8 Å². The normalized spacial score (nSPS) is 19.0. The SMILES string of the molecule is O=C(Nc1ccccc1Cc1ccccc1)[C@@H]1CC1(Cl)Cl. The molecule has 1 amide bonds. The molecule has 0 aromatic heterocycles. The van der Waals surface area contributed by atoms with Gasteiger partial charge in [0, 0.05) is 5.69 Å². The fourth-order valence-electron chi connectivity index (χ4n) is 2.33. The monoisotopic (exact) mass is 319 g/mol. The quantitative estimate of drug-likeness (QED) is 0.831. The van der Waals surface area contributed by atoms with Crippen LogP contribution in [-0.4, -0.2) is 10.2 Å². The highest BCUT2D eigenvalue weighted by molar-refractivity contribution is 6.52. The highest BCUT2D eigenvalue weighted by atomic mass is 35.5. The van der Waals surface area contributed by atoms with E-state index in [2.05, 4.69) is 17.4 Å². The van der Waals surface area contributed by atoms with Crippen molar-refractivity contribution in [2.45, 2.75) is 17.2 Å². The van der Waals surface area contributed by atoms with Crippen LogP contribution in [0.2, 0.25) is 0 Å². The molecule has 0 radical (unpaired) electrons. The van der Waals surface area contributed by atoms with E-state index in [0.29, 0.717) is 6.42 Å². The average molecular weight is 320 g/mol. The minimum atomic E-state index is -0.890. The molecule has 4 heteroatoms. The van der Waals surface area contributed by atoms with Gasteiger partial charge < -0.3 is 5.32 Å². The average Bonchev–Trinajstić information content (AvgIpc) is 3.11. The van der Waals surface area contributed by atoms with E-state index >= 15 is 0 Å². The van der Waals surface area contributed by atoms with Gasteiger partial charge in [0.1, 0.15) is 4.33 Å². The Morgan fingerprint density at radius 3 is 2.38 bits per heavy atom. The number of anilines is 1. The zero-order chi connectivity index (χ0) is 14.9. The number of carbonyl (C=O) groups excluding carboxylic acids is 1. The fourth-order valence-corrected chi connectivity index (χ4v) is 2.84. The first kappa shape index (κ1) is 14.4. The molecule has 1 saturated carbocycles. The number of hydrogen-bond acceptors (Lipinski definition) is 1. The maximum atomic E-state index is 12.1. The summed E-state index contributed by atoms with van der Waals surface area (Å²) >= 11 is 11.9. The Kier molecular flexibility index (Phi) is 3.92. The van der Waals surface area contributed by atoms with Gasteiger partial charge in [-0.3, -0.25) is 4.79 Å². The number of benzene rings is 2. The van der Waals surface area contributed by atoms with Crippen LogP contribution in [0.3, 0.4) is 0 Å². The van der Waals surface area contributed by atoms with E-state index in [4.69, 9.17) is 23.2 Å². The van der Waals surface area contributed by atoms with Gasteiger partial charge >= 0.3 is 0 Å².